The highest BCUT2D eigenvalue weighted by Gasteiger charge is 2.37. The zero-order valence-electron chi connectivity index (χ0n) is 18.7. The van der Waals surface area contributed by atoms with E-state index in [4.69, 9.17) is 21.1 Å². The van der Waals surface area contributed by atoms with Crippen LogP contribution in [-0.2, 0) is 4.74 Å². The van der Waals surface area contributed by atoms with Crippen LogP contribution in [0.4, 0.5) is 15.3 Å². The SMILES string of the molecule is CN(C)CCNC(=O)Oc1cc2c(c3ccccc13)[C@H](CCl)CN2C(=O)OC(C)(C)C. The molecule has 0 aromatic heterocycles. The maximum Gasteiger partial charge on any atom is 0.414 e. The maximum absolute atomic E-state index is 12.9. The van der Waals surface area contributed by atoms with Crippen LogP contribution in [0.3, 0.4) is 0 Å². The molecule has 0 saturated carbocycles. The van der Waals surface area contributed by atoms with E-state index < -0.39 is 17.8 Å². The zero-order valence-corrected chi connectivity index (χ0v) is 19.5. The number of amides is 2. The molecule has 1 heterocycles. The lowest BCUT2D eigenvalue weighted by Gasteiger charge is -2.25. The van der Waals surface area contributed by atoms with E-state index in [1.165, 1.54) is 0 Å². The molecule has 2 aromatic rings. The van der Waals surface area contributed by atoms with Gasteiger partial charge in [0.1, 0.15) is 11.4 Å². The van der Waals surface area contributed by atoms with Crippen molar-refractivity contribution in [3.05, 3.63) is 35.9 Å². The number of nitrogens with zero attached hydrogens (tertiary/aromatic N) is 2. The van der Waals surface area contributed by atoms with Crippen molar-refractivity contribution in [2.45, 2.75) is 32.3 Å². The van der Waals surface area contributed by atoms with Crippen molar-refractivity contribution in [1.82, 2.24) is 10.2 Å². The lowest BCUT2D eigenvalue weighted by Crippen LogP contribution is -2.36. The van der Waals surface area contributed by atoms with Crippen LogP contribution >= 0.6 is 11.6 Å². The highest BCUT2D eigenvalue weighted by molar-refractivity contribution is 6.19. The van der Waals surface area contributed by atoms with Gasteiger partial charge in [-0.15, -0.1) is 11.6 Å². The van der Waals surface area contributed by atoms with Gasteiger partial charge in [0, 0.05) is 42.9 Å². The lowest BCUT2D eigenvalue weighted by atomic mass is 9.95. The monoisotopic (exact) mass is 447 g/mol. The van der Waals surface area contributed by atoms with Crippen molar-refractivity contribution in [3.8, 4) is 5.75 Å². The van der Waals surface area contributed by atoms with Gasteiger partial charge >= 0.3 is 12.2 Å². The first-order chi connectivity index (χ1) is 14.6. The predicted octanol–water partition coefficient (Wildman–Crippen LogP) is 4.57. The number of halogens is 1. The molecule has 0 spiro atoms. The van der Waals surface area contributed by atoms with Crippen LogP contribution in [0.1, 0.15) is 32.3 Å². The number of nitrogens with one attached hydrogen (secondary N) is 1. The van der Waals surface area contributed by atoms with Crippen LogP contribution < -0.4 is 15.0 Å². The van der Waals surface area contributed by atoms with Crippen LogP contribution in [0.2, 0.25) is 0 Å². The Morgan fingerprint density at radius 3 is 2.52 bits per heavy atom. The fourth-order valence-corrected chi connectivity index (χ4v) is 3.88. The number of likely N-dealkylation sites (N-methyl/N-ethyl adjacent to an activating group) is 1. The Morgan fingerprint density at radius 1 is 1.23 bits per heavy atom. The minimum Gasteiger partial charge on any atom is -0.443 e. The Balaban J connectivity index is 1.99. The van der Waals surface area contributed by atoms with E-state index in [-0.39, 0.29) is 5.92 Å². The third-order valence-electron chi connectivity index (χ3n) is 4.96. The van der Waals surface area contributed by atoms with E-state index in [2.05, 4.69) is 5.32 Å². The largest absolute Gasteiger partial charge is 0.443 e. The van der Waals surface area contributed by atoms with Gasteiger partial charge in [-0.05, 0) is 45.8 Å². The molecule has 1 atom stereocenters. The summed E-state index contributed by atoms with van der Waals surface area (Å²) < 4.78 is 11.3. The van der Waals surface area contributed by atoms with Crippen LogP contribution in [0.5, 0.6) is 5.75 Å². The average Bonchev–Trinajstić information content (AvgIpc) is 3.05. The number of fused-ring (bicyclic) bond motifs is 3. The molecule has 0 bridgehead atoms. The van der Waals surface area contributed by atoms with Gasteiger partial charge in [-0.1, -0.05) is 24.3 Å². The lowest BCUT2D eigenvalue weighted by molar-refractivity contribution is 0.0582. The smallest absolute Gasteiger partial charge is 0.414 e. The van der Waals surface area contributed by atoms with Gasteiger partial charge in [0.2, 0.25) is 0 Å². The van der Waals surface area contributed by atoms with Gasteiger partial charge in [0.15, 0.2) is 0 Å². The molecule has 0 aliphatic carbocycles. The Morgan fingerprint density at radius 2 is 1.90 bits per heavy atom. The molecule has 1 aliphatic heterocycles. The summed E-state index contributed by atoms with van der Waals surface area (Å²) in [4.78, 5) is 28.8. The van der Waals surface area contributed by atoms with E-state index in [9.17, 15) is 9.59 Å². The second-order valence-corrected chi connectivity index (χ2v) is 9.22. The van der Waals surface area contributed by atoms with Gasteiger partial charge in [0.25, 0.3) is 0 Å². The van der Waals surface area contributed by atoms with Crippen LogP contribution in [0, 0.1) is 0 Å². The number of hydrogen-bond acceptors (Lipinski definition) is 5. The second-order valence-electron chi connectivity index (χ2n) is 8.91. The first-order valence-corrected chi connectivity index (χ1v) is 10.9. The molecule has 0 saturated heterocycles. The Hall–Kier alpha value is -2.51. The first-order valence-electron chi connectivity index (χ1n) is 10.3. The minimum atomic E-state index is -0.626. The summed E-state index contributed by atoms with van der Waals surface area (Å²) in [7, 11) is 3.86. The molecule has 8 heteroatoms. The molecule has 168 valence electrons. The van der Waals surface area contributed by atoms with E-state index in [0.717, 1.165) is 16.3 Å². The zero-order chi connectivity index (χ0) is 22.8. The number of hydrogen-bond donors (Lipinski definition) is 1. The number of anilines is 1. The van der Waals surface area contributed by atoms with Crippen LogP contribution in [0.15, 0.2) is 30.3 Å². The third kappa shape index (κ3) is 5.40. The summed E-state index contributed by atoms with van der Waals surface area (Å²) >= 11 is 6.27. The Kier molecular flexibility index (Phi) is 6.96. The van der Waals surface area contributed by atoms with Crippen molar-refractivity contribution >= 4 is 40.2 Å². The number of benzene rings is 2. The van der Waals surface area contributed by atoms with Crippen LogP contribution in [0.25, 0.3) is 10.8 Å². The van der Waals surface area contributed by atoms with Crippen molar-refractivity contribution in [2.75, 3.05) is 44.5 Å². The maximum atomic E-state index is 12.9. The number of carbonyl (C=O) groups excluding carboxylic acids is 2. The highest BCUT2D eigenvalue weighted by atomic mass is 35.5. The first kappa shape index (κ1) is 23.2. The van der Waals surface area contributed by atoms with Gasteiger partial charge in [-0.25, -0.2) is 9.59 Å². The predicted molar refractivity (Wildman–Crippen MR) is 124 cm³/mol. The highest BCUT2D eigenvalue weighted by Crippen LogP contribution is 2.45. The average molecular weight is 448 g/mol. The standard InChI is InChI=1S/C23H30ClN3O4/c1-23(2,3)31-22(29)27-14-15(13-24)20-17-9-7-6-8-16(17)19(12-18(20)27)30-21(28)25-10-11-26(4)5/h6-9,12,15H,10-11,13-14H2,1-5H3,(H,25,28)/t15-/m1/s1. The third-order valence-corrected chi connectivity index (χ3v) is 5.33. The Labute approximate surface area is 188 Å². The van der Waals surface area contributed by atoms with Crippen molar-refractivity contribution < 1.29 is 19.1 Å². The molecule has 0 radical (unpaired) electrons. The van der Waals surface area contributed by atoms with Gasteiger partial charge in [-0.3, -0.25) is 4.90 Å². The van der Waals surface area contributed by atoms with Crippen molar-refractivity contribution in [3.63, 3.8) is 0 Å². The number of rotatable bonds is 5. The normalized spacial score (nSPS) is 15.8. The van der Waals surface area contributed by atoms with E-state index in [1.807, 2.05) is 64.0 Å². The summed E-state index contributed by atoms with van der Waals surface area (Å²) in [5.74, 6) is 0.708. The molecule has 0 fully saturated rings. The van der Waals surface area contributed by atoms with E-state index >= 15 is 0 Å². The molecule has 0 unspecified atom stereocenters. The topological polar surface area (TPSA) is 71.1 Å². The van der Waals surface area contributed by atoms with Crippen molar-refractivity contribution in [2.24, 2.45) is 0 Å². The van der Waals surface area contributed by atoms with Crippen molar-refractivity contribution in [1.29, 1.82) is 0 Å². The molecule has 1 aliphatic rings. The molecule has 1 N–H and O–H groups in total. The molecule has 3 rings (SSSR count). The minimum absolute atomic E-state index is 0.0444. The number of alkyl halides is 1. The molecule has 2 amide bonds. The summed E-state index contributed by atoms with van der Waals surface area (Å²) in [6.45, 7) is 7.06. The molecular formula is C23H30ClN3O4. The summed E-state index contributed by atoms with van der Waals surface area (Å²) in [5, 5.41) is 4.46. The van der Waals surface area contributed by atoms with Gasteiger partial charge in [-0.2, -0.15) is 0 Å². The molecule has 2 aromatic carbocycles. The summed E-state index contributed by atoms with van der Waals surface area (Å²) in [6.07, 6.45) is -0.985. The number of ether oxygens (including phenoxy) is 2. The van der Waals surface area contributed by atoms with Gasteiger partial charge < -0.3 is 19.7 Å². The van der Waals surface area contributed by atoms with Gasteiger partial charge in [0.05, 0.1) is 5.69 Å². The molecular weight excluding hydrogens is 418 g/mol. The fourth-order valence-electron chi connectivity index (χ4n) is 3.63. The molecule has 31 heavy (non-hydrogen) atoms. The quantitative estimate of drug-likeness (QED) is 0.680. The summed E-state index contributed by atoms with van der Waals surface area (Å²) in [6, 6.07) is 9.41. The summed E-state index contributed by atoms with van der Waals surface area (Å²) in [5.41, 5.74) is 1.00. The Bertz CT molecular complexity index is 971. The fraction of sp³-hybridized carbons (Fsp3) is 0.478. The number of carbonyl (C=O) groups is 2. The van der Waals surface area contributed by atoms with Crippen LogP contribution in [-0.4, -0.2) is 62.3 Å². The second kappa shape index (κ2) is 9.32. The van der Waals surface area contributed by atoms with E-state index in [1.54, 1.807) is 11.0 Å². The van der Waals surface area contributed by atoms with E-state index in [0.29, 0.717) is 37.0 Å². The molecule has 7 nitrogen and oxygen atoms in total.